The summed E-state index contributed by atoms with van der Waals surface area (Å²) in [6.45, 7) is 0. The Morgan fingerprint density at radius 3 is 2.69 bits per heavy atom. The van der Waals surface area contributed by atoms with Gasteiger partial charge in [-0.15, -0.1) is 0 Å². The number of carboxylic acids is 1. The monoisotopic (exact) mass is 256 g/mol. The number of hydrogen-bond donors (Lipinski definition) is 1. The molecular weight excluding hydrogens is 251 g/mol. The second kappa shape index (κ2) is 4.23. The van der Waals surface area contributed by atoms with Gasteiger partial charge in [0.05, 0.1) is 5.56 Å². The molecule has 0 fully saturated rings. The average molecular weight is 257 g/mol. The maximum absolute atomic E-state index is 13.6. The molecule has 0 bridgehead atoms. The number of halogens is 2. The summed E-state index contributed by atoms with van der Waals surface area (Å²) < 4.78 is 13.6. The van der Waals surface area contributed by atoms with Crippen LogP contribution in [-0.2, 0) is 0 Å². The van der Waals surface area contributed by atoms with Gasteiger partial charge in [0.2, 0.25) is 0 Å². The van der Waals surface area contributed by atoms with Crippen LogP contribution in [0.3, 0.4) is 0 Å². The summed E-state index contributed by atoms with van der Waals surface area (Å²) in [5, 5.41) is 12.3. The highest BCUT2D eigenvalue weighted by Crippen LogP contribution is 2.30. The number of carboxylic acid groups (broad SMARTS) is 1. The summed E-state index contributed by atoms with van der Waals surface area (Å²) in [6, 6.07) is 4.18. The summed E-state index contributed by atoms with van der Waals surface area (Å²) in [5.74, 6) is -1.58. The Morgan fingerprint density at radius 2 is 2.06 bits per heavy atom. The maximum Gasteiger partial charge on any atom is 0.337 e. The first-order valence-electron chi connectivity index (χ1n) is 4.34. The van der Waals surface area contributed by atoms with E-state index in [1.807, 2.05) is 0 Å². The van der Waals surface area contributed by atoms with Crippen LogP contribution in [0.4, 0.5) is 4.39 Å². The van der Waals surface area contributed by atoms with Crippen LogP contribution in [0.25, 0.3) is 11.1 Å². The molecule has 1 heterocycles. The lowest BCUT2D eigenvalue weighted by Crippen LogP contribution is -1.96. The standard InChI is InChI=1S/C11H6ClFO2S/c12-6-1-2-7(10(13)3-6)8-4-16-5-9(8)11(14)15/h1-5H,(H,14,15). The average Bonchev–Trinajstić information content (AvgIpc) is 2.66. The van der Waals surface area contributed by atoms with Gasteiger partial charge in [-0.1, -0.05) is 11.6 Å². The van der Waals surface area contributed by atoms with E-state index in [9.17, 15) is 9.18 Å². The lowest BCUT2D eigenvalue weighted by atomic mass is 10.0. The van der Waals surface area contributed by atoms with Crippen molar-refractivity contribution in [3.8, 4) is 11.1 Å². The molecule has 0 unspecified atom stereocenters. The smallest absolute Gasteiger partial charge is 0.337 e. The predicted molar refractivity (Wildman–Crippen MR) is 61.7 cm³/mol. The van der Waals surface area contributed by atoms with E-state index in [2.05, 4.69) is 0 Å². The Bertz CT molecular complexity index is 551. The highest BCUT2D eigenvalue weighted by atomic mass is 35.5. The lowest BCUT2D eigenvalue weighted by Gasteiger charge is -2.02. The maximum atomic E-state index is 13.6. The van der Waals surface area contributed by atoms with Crippen LogP contribution in [0.2, 0.25) is 5.02 Å². The zero-order valence-electron chi connectivity index (χ0n) is 7.91. The zero-order chi connectivity index (χ0) is 11.7. The molecule has 2 nitrogen and oxygen atoms in total. The third-order valence-electron chi connectivity index (χ3n) is 2.11. The Balaban J connectivity index is 2.59. The van der Waals surface area contributed by atoms with Crippen molar-refractivity contribution < 1.29 is 14.3 Å². The van der Waals surface area contributed by atoms with Crippen molar-refractivity contribution >= 4 is 28.9 Å². The van der Waals surface area contributed by atoms with E-state index in [0.29, 0.717) is 5.56 Å². The molecule has 1 aromatic carbocycles. The van der Waals surface area contributed by atoms with Gasteiger partial charge >= 0.3 is 5.97 Å². The highest BCUT2D eigenvalue weighted by Gasteiger charge is 2.15. The molecule has 0 spiro atoms. The van der Waals surface area contributed by atoms with Crippen molar-refractivity contribution in [3.05, 3.63) is 45.4 Å². The third kappa shape index (κ3) is 1.94. The number of benzene rings is 1. The van der Waals surface area contributed by atoms with E-state index < -0.39 is 11.8 Å². The number of carbonyl (C=O) groups is 1. The molecule has 5 heteroatoms. The van der Waals surface area contributed by atoms with Gasteiger partial charge in [0, 0.05) is 21.5 Å². The highest BCUT2D eigenvalue weighted by molar-refractivity contribution is 7.08. The first-order chi connectivity index (χ1) is 7.59. The van der Waals surface area contributed by atoms with Crippen LogP contribution in [0.5, 0.6) is 0 Å². The van der Waals surface area contributed by atoms with Gasteiger partial charge < -0.3 is 5.11 Å². The minimum absolute atomic E-state index is 0.103. The minimum Gasteiger partial charge on any atom is -0.478 e. The summed E-state index contributed by atoms with van der Waals surface area (Å²) in [4.78, 5) is 10.9. The Morgan fingerprint density at radius 1 is 1.31 bits per heavy atom. The summed E-state index contributed by atoms with van der Waals surface area (Å²) in [5.41, 5.74) is 0.737. The van der Waals surface area contributed by atoms with E-state index in [1.165, 1.54) is 34.9 Å². The predicted octanol–water partition coefficient (Wildman–Crippen LogP) is 3.91. The Labute approximate surface area is 99.9 Å². The molecule has 0 aliphatic rings. The topological polar surface area (TPSA) is 37.3 Å². The van der Waals surface area contributed by atoms with Gasteiger partial charge in [-0.3, -0.25) is 0 Å². The number of thiophene rings is 1. The fourth-order valence-corrected chi connectivity index (χ4v) is 2.36. The van der Waals surface area contributed by atoms with Gasteiger partial charge in [-0.05, 0) is 23.6 Å². The molecule has 16 heavy (non-hydrogen) atoms. The molecule has 82 valence electrons. The van der Waals surface area contributed by atoms with Crippen LogP contribution >= 0.6 is 22.9 Å². The normalized spacial score (nSPS) is 10.4. The summed E-state index contributed by atoms with van der Waals surface area (Å²) in [7, 11) is 0. The molecular formula is C11H6ClFO2S. The van der Waals surface area contributed by atoms with Crippen LogP contribution in [0.15, 0.2) is 29.0 Å². The molecule has 0 aliphatic heterocycles. The van der Waals surface area contributed by atoms with E-state index in [-0.39, 0.29) is 16.1 Å². The molecule has 0 aliphatic carbocycles. The van der Waals surface area contributed by atoms with E-state index >= 15 is 0 Å². The minimum atomic E-state index is -1.06. The molecule has 0 amide bonds. The van der Waals surface area contributed by atoms with Gasteiger partial charge in [-0.2, -0.15) is 11.3 Å². The fourth-order valence-electron chi connectivity index (χ4n) is 1.38. The van der Waals surface area contributed by atoms with Gasteiger partial charge in [0.1, 0.15) is 5.82 Å². The Hall–Kier alpha value is -1.39. The molecule has 0 saturated heterocycles. The lowest BCUT2D eigenvalue weighted by molar-refractivity contribution is 0.0698. The van der Waals surface area contributed by atoms with Crippen molar-refractivity contribution in [1.29, 1.82) is 0 Å². The molecule has 2 rings (SSSR count). The second-order valence-corrected chi connectivity index (χ2v) is 4.31. The number of rotatable bonds is 2. The first kappa shape index (κ1) is 11.1. The number of aromatic carboxylic acids is 1. The molecule has 2 aromatic rings. The molecule has 0 saturated carbocycles. The SMILES string of the molecule is O=C(O)c1cscc1-c1ccc(Cl)cc1F. The fraction of sp³-hybridized carbons (Fsp3) is 0. The molecule has 0 radical (unpaired) electrons. The van der Waals surface area contributed by atoms with E-state index in [0.717, 1.165) is 0 Å². The molecule has 1 N–H and O–H groups in total. The van der Waals surface area contributed by atoms with Gasteiger partial charge in [-0.25, -0.2) is 9.18 Å². The van der Waals surface area contributed by atoms with Crippen LogP contribution in [0.1, 0.15) is 10.4 Å². The van der Waals surface area contributed by atoms with Crippen molar-refractivity contribution in [2.24, 2.45) is 0 Å². The van der Waals surface area contributed by atoms with Crippen LogP contribution in [0, 0.1) is 5.82 Å². The Kier molecular flexibility index (Phi) is 2.94. The van der Waals surface area contributed by atoms with Crippen molar-refractivity contribution in [2.75, 3.05) is 0 Å². The van der Waals surface area contributed by atoms with Gasteiger partial charge in [0.15, 0.2) is 0 Å². The third-order valence-corrected chi connectivity index (χ3v) is 3.09. The quantitative estimate of drug-likeness (QED) is 0.885. The van der Waals surface area contributed by atoms with Crippen molar-refractivity contribution in [2.45, 2.75) is 0 Å². The van der Waals surface area contributed by atoms with Crippen LogP contribution < -0.4 is 0 Å². The van der Waals surface area contributed by atoms with Crippen molar-refractivity contribution in [1.82, 2.24) is 0 Å². The summed E-state index contributed by atoms with van der Waals surface area (Å²) in [6.07, 6.45) is 0. The van der Waals surface area contributed by atoms with Gasteiger partial charge in [0.25, 0.3) is 0 Å². The van der Waals surface area contributed by atoms with Crippen LogP contribution in [-0.4, -0.2) is 11.1 Å². The molecule has 0 atom stereocenters. The van der Waals surface area contributed by atoms with Crippen molar-refractivity contribution in [3.63, 3.8) is 0 Å². The van der Waals surface area contributed by atoms with E-state index in [1.54, 1.807) is 5.38 Å². The zero-order valence-corrected chi connectivity index (χ0v) is 9.48. The summed E-state index contributed by atoms with van der Waals surface area (Å²) >= 11 is 6.85. The number of hydrogen-bond acceptors (Lipinski definition) is 2. The molecule has 1 aromatic heterocycles. The second-order valence-electron chi connectivity index (χ2n) is 3.13. The largest absolute Gasteiger partial charge is 0.478 e. The first-order valence-corrected chi connectivity index (χ1v) is 5.66. The van der Waals surface area contributed by atoms with E-state index in [4.69, 9.17) is 16.7 Å².